The van der Waals surface area contributed by atoms with Gasteiger partial charge in [-0.1, -0.05) is 17.7 Å². The van der Waals surface area contributed by atoms with Crippen molar-refractivity contribution < 1.29 is 14.4 Å². The zero-order valence-electron chi connectivity index (χ0n) is 13.2. The lowest BCUT2D eigenvalue weighted by Gasteiger charge is -2.15. The molecule has 4 rings (SSSR count). The molecule has 2 amide bonds. The second kappa shape index (κ2) is 5.59. The van der Waals surface area contributed by atoms with Gasteiger partial charge in [-0.15, -0.1) is 0 Å². The van der Waals surface area contributed by atoms with E-state index in [1.165, 1.54) is 18.6 Å². The Morgan fingerprint density at radius 2 is 1.88 bits per heavy atom. The Morgan fingerprint density at radius 3 is 2.56 bits per heavy atom. The van der Waals surface area contributed by atoms with Crippen molar-refractivity contribution in [3.63, 3.8) is 0 Å². The van der Waals surface area contributed by atoms with Crippen LogP contribution in [0.1, 0.15) is 16.1 Å². The highest BCUT2D eigenvalue weighted by molar-refractivity contribution is 6.52. The molecule has 1 aromatic heterocycles. The van der Waals surface area contributed by atoms with Crippen molar-refractivity contribution in [1.29, 1.82) is 0 Å². The van der Waals surface area contributed by atoms with Crippen molar-refractivity contribution in [2.24, 2.45) is 11.0 Å². The lowest BCUT2D eigenvalue weighted by molar-refractivity contribution is -0.122. The van der Waals surface area contributed by atoms with Gasteiger partial charge in [0.05, 0.1) is 11.9 Å². The van der Waals surface area contributed by atoms with E-state index in [4.69, 9.17) is 0 Å². The fourth-order valence-electron chi connectivity index (χ4n) is 2.97. The third-order valence-corrected chi connectivity index (χ3v) is 4.25. The van der Waals surface area contributed by atoms with Crippen LogP contribution in [0.4, 0.5) is 5.69 Å². The minimum Gasteiger partial charge on any atom is -0.296 e. The summed E-state index contributed by atoms with van der Waals surface area (Å²) in [6.45, 7) is 1.91. The largest absolute Gasteiger partial charge is 0.296 e. The summed E-state index contributed by atoms with van der Waals surface area (Å²) in [5.74, 6) is -2.37. The SMILES string of the molecule is Cc1ccc(N2C(=O)C3NN=C(C(=O)c4cnccn4)C3C2=O)cc1. The first-order valence-electron chi connectivity index (χ1n) is 7.66. The second-order valence-electron chi connectivity index (χ2n) is 5.85. The molecule has 0 spiro atoms. The van der Waals surface area contributed by atoms with Gasteiger partial charge in [0.25, 0.3) is 5.91 Å². The molecule has 3 heterocycles. The number of Topliss-reactive ketones (excluding diaryl/α,β-unsaturated/α-hetero) is 1. The Balaban J connectivity index is 1.67. The maximum Gasteiger partial charge on any atom is 0.259 e. The maximum atomic E-state index is 12.8. The highest BCUT2D eigenvalue weighted by Crippen LogP contribution is 2.31. The van der Waals surface area contributed by atoms with Crippen LogP contribution in [-0.2, 0) is 9.59 Å². The van der Waals surface area contributed by atoms with Gasteiger partial charge < -0.3 is 0 Å². The Hall–Kier alpha value is -3.42. The summed E-state index contributed by atoms with van der Waals surface area (Å²) in [7, 11) is 0. The Morgan fingerprint density at radius 1 is 1.12 bits per heavy atom. The second-order valence-corrected chi connectivity index (χ2v) is 5.85. The minimum absolute atomic E-state index is 0.0153. The number of aryl methyl sites for hydroxylation is 1. The molecule has 2 atom stereocenters. The van der Waals surface area contributed by atoms with Crippen molar-refractivity contribution in [2.75, 3.05) is 4.90 Å². The molecule has 0 radical (unpaired) electrons. The Kier molecular flexibility index (Phi) is 3.38. The average Bonchev–Trinajstić information content (AvgIpc) is 3.17. The standard InChI is InChI=1S/C17H13N5O3/c1-9-2-4-10(5-3-9)22-16(24)12-13(20-21-14(12)17(22)25)15(23)11-8-18-6-7-19-11/h2-8,12,14,21H,1H3. The van der Waals surface area contributed by atoms with E-state index >= 15 is 0 Å². The molecule has 2 aromatic rings. The van der Waals surface area contributed by atoms with Crippen molar-refractivity contribution in [2.45, 2.75) is 13.0 Å². The smallest absolute Gasteiger partial charge is 0.259 e. The molecule has 1 fully saturated rings. The zero-order valence-corrected chi connectivity index (χ0v) is 13.2. The van der Waals surface area contributed by atoms with Crippen molar-refractivity contribution in [1.82, 2.24) is 15.4 Å². The summed E-state index contributed by atoms with van der Waals surface area (Å²) >= 11 is 0. The molecule has 0 bridgehead atoms. The van der Waals surface area contributed by atoms with Gasteiger partial charge in [-0.05, 0) is 19.1 Å². The molecule has 2 aliphatic rings. The maximum absolute atomic E-state index is 12.8. The minimum atomic E-state index is -0.955. The summed E-state index contributed by atoms with van der Waals surface area (Å²) in [6.07, 6.45) is 4.13. The van der Waals surface area contributed by atoms with E-state index < -0.39 is 29.6 Å². The van der Waals surface area contributed by atoms with Crippen LogP contribution < -0.4 is 10.3 Å². The number of nitrogens with zero attached hydrogens (tertiary/aromatic N) is 4. The molecule has 2 unspecified atom stereocenters. The number of hydrogen-bond acceptors (Lipinski definition) is 7. The predicted molar refractivity (Wildman–Crippen MR) is 87.9 cm³/mol. The highest BCUT2D eigenvalue weighted by Gasteiger charge is 2.55. The molecule has 8 nitrogen and oxygen atoms in total. The third-order valence-electron chi connectivity index (χ3n) is 4.25. The molecule has 124 valence electrons. The predicted octanol–water partition coefficient (Wildman–Crippen LogP) is 0.485. The van der Waals surface area contributed by atoms with Crippen LogP contribution >= 0.6 is 0 Å². The summed E-state index contributed by atoms with van der Waals surface area (Å²) in [5, 5.41) is 3.92. The van der Waals surface area contributed by atoms with Gasteiger partial charge in [0.15, 0.2) is 0 Å². The van der Waals surface area contributed by atoms with Gasteiger partial charge in [0.2, 0.25) is 11.7 Å². The number of hydrogen-bond donors (Lipinski definition) is 1. The Bertz CT molecular complexity index is 908. The van der Waals surface area contributed by atoms with Crippen LogP contribution in [0.25, 0.3) is 0 Å². The number of carbonyl (C=O) groups is 3. The molecule has 1 N–H and O–H groups in total. The molecular formula is C17H13N5O3. The van der Waals surface area contributed by atoms with Crippen LogP contribution in [-0.4, -0.2) is 39.3 Å². The average molecular weight is 335 g/mol. The van der Waals surface area contributed by atoms with Gasteiger partial charge in [0, 0.05) is 12.4 Å². The zero-order chi connectivity index (χ0) is 17.6. The van der Waals surface area contributed by atoms with E-state index in [1.54, 1.807) is 12.1 Å². The lowest BCUT2D eigenvalue weighted by atomic mass is 9.94. The van der Waals surface area contributed by atoms with E-state index in [0.717, 1.165) is 10.5 Å². The number of aromatic nitrogens is 2. The monoisotopic (exact) mass is 335 g/mol. The third kappa shape index (κ3) is 2.30. The summed E-state index contributed by atoms with van der Waals surface area (Å²) in [6, 6.07) is 6.17. The number of imide groups is 1. The number of benzene rings is 1. The van der Waals surface area contributed by atoms with Crippen molar-refractivity contribution >= 4 is 29.0 Å². The van der Waals surface area contributed by atoms with Crippen LogP contribution in [0.2, 0.25) is 0 Å². The molecular weight excluding hydrogens is 322 g/mol. The first kappa shape index (κ1) is 15.1. The number of amides is 2. The Labute approximate surface area is 142 Å². The lowest BCUT2D eigenvalue weighted by Crippen LogP contribution is -2.36. The number of anilines is 1. The van der Waals surface area contributed by atoms with E-state index in [2.05, 4.69) is 20.5 Å². The normalized spacial score (nSPS) is 21.8. The van der Waals surface area contributed by atoms with Crippen molar-refractivity contribution in [3.8, 4) is 0 Å². The van der Waals surface area contributed by atoms with Gasteiger partial charge in [-0.2, -0.15) is 5.10 Å². The fraction of sp³-hybridized carbons (Fsp3) is 0.176. The van der Waals surface area contributed by atoms with Gasteiger partial charge in [-0.25, -0.2) is 9.88 Å². The van der Waals surface area contributed by atoms with E-state index in [1.807, 2.05) is 19.1 Å². The molecule has 25 heavy (non-hydrogen) atoms. The fourth-order valence-corrected chi connectivity index (χ4v) is 2.97. The topological polar surface area (TPSA) is 105 Å². The number of rotatable bonds is 3. The van der Waals surface area contributed by atoms with E-state index in [0.29, 0.717) is 5.69 Å². The van der Waals surface area contributed by atoms with Crippen molar-refractivity contribution in [3.05, 3.63) is 54.1 Å². The van der Waals surface area contributed by atoms with Crippen LogP contribution in [0.15, 0.2) is 48.0 Å². The molecule has 0 saturated carbocycles. The first-order chi connectivity index (χ1) is 12.1. The quantitative estimate of drug-likeness (QED) is 0.646. The molecule has 1 aromatic carbocycles. The molecule has 2 aliphatic heterocycles. The summed E-state index contributed by atoms with van der Waals surface area (Å²) in [5.41, 5.74) is 4.17. The van der Waals surface area contributed by atoms with Crippen LogP contribution in [0, 0.1) is 12.8 Å². The summed E-state index contributed by atoms with van der Waals surface area (Å²) < 4.78 is 0. The van der Waals surface area contributed by atoms with E-state index in [-0.39, 0.29) is 11.4 Å². The number of ketones is 1. The number of hydrazone groups is 1. The van der Waals surface area contributed by atoms with E-state index in [9.17, 15) is 14.4 Å². The molecule has 0 aliphatic carbocycles. The van der Waals surface area contributed by atoms with Gasteiger partial charge in [0.1, 0.15) is 23.4 Å². The highest BCUT2D eigenvalue weighted by atomic mass is 16.2. The van der Waals surface area contributed by atoms with Crippen LogP contribution in [0.3, 0.4) is 0 Å². The number of nitrogens with one attached hydrogen (secondary N) is 1. The number of fused-ring (bicyclic) bond motifs is 1. The van der Waals surface area contributed by atoms with Gasteiger partial charge in [-0.3, -0.25) is 24.8 Å². The number of carbonyl (C=O) groups excluding carboxylic acids is 3. The van der Waals surface area contributed by atoms with Crippen LogP contribution in [0.5, 0.6) is 0 Å². The summed E-state index contributed by atoms with van der Waals surface area (Å²) in [4.78, 5) is 46.9. The van der Waals surface area contributed by atoms with Gasteiger partial charge >= 0.3 is 0 Å². The molecule has 8 heteroatoms. The first-order valence-corrected chi connectivity index (χ1v) is 7.66. The molecule has 1 saturated heterocycles.